The summed E-state index contributed by atoms with van der Waals surface area (Å²) in [5.74, 6) is 1.59. The standard InChI is InChI=1S/C22H25N5O3/c1-29-12-10-27-21(23-18-6-3-2-5-16(18)22(27)28)19-7-4-9-26(19)20-13-15-14-30-11-8-17(15)24-25-20/h2-3,5-6,13,19H,4,7-12,14H2,1H3. The average molecular weight is 407 g/mol. The molecule has 0 N–H and O–H groups in total. The van der Waals surface area contributed by atoms with Gasteiger partial charge in [-0.1, -0.05) is 12.1 Å². The number of aromatic nitrogens is 4. The number of anilines is 1. The van der Waals surface area contributed by atoms with Crippen LogP contribution in [0.2, 0.25) is 0 Å². The molecule has 4 heterocycles. The zero-order valence-corrected chi connectivity index (χ0v) is 17.1. The van der Waals surface area contributed by atoms with E-state index in [1.54, 1.807) is 11.7 Å². The smallest absolute Gasteiger partial charge is 0.261 e. The van der Waals surface area contributed by atoms with Gasteiger partial charge in [0.25, 0.3) is 5.56 Å². The maximum Gasteiger partial charge on any atom is 0.261 e. The highest BCUT2D eigenvalue weighted by Crippen LogP contribution is 2.35. The molecule has 2 aliphatic heterocycles. The minimum absolute atomic E-state index is 0.0237. The Labute approximate surface area is 174 Å². The highest BCUT2D eigenvalue weighted by atomic mass is 16.5. The normalized spacial score (nSPS) is 18.7. The summed E-state index contributed by atoms with van der Waals surface area (Å²) in [6, 6.07) is 9.57. The summed E-state index contributed by atoms with van der Waals surface area (Å²) in [4.78, 5) is 20.4. The second-order valence-electron chi connectivity index (χ2n) is 7.77. The molecule has 2 aliphatic rings. The maximum absolute atomic E-state index is 13.3. The molecule has 1 aromatic carbocycles. The molecule has 5 rings (SSSR count). The number of ether oxygens (including phenoxy) is 2. The van der Waals surface area contributed by atoms with Gasteiger partial charge in [0.05, 0.1) is 49.0 Å². The van der Waals surface area contributed by atoms with Crippen LogP contribution in [-0.2, 0) is 29.0 Å². The minimum Gasteiger partial charge on any atom is -0.383 e. The molecule has 0 aliphatic carbocycles. The van der Waals surface area contributed by atoms with Crippen molar-refractivity contribution in [2.45, 2.75) is 38.5 Å². The Bertz CT molecular complexity index is 1130. The second kappa shape index (κ2) is 8.12. The Morgan fingerprint density at radius 2 is 2.17 bits per heavy atom. The molecule has 30 heavy (non-hydrogen) atoms. The van der Waals surface area contributed by atoms with Gasteiger partial charge in [-0.15, -0.1) is 5.10 Å². The summed E-state index contributed by atoms with van der Waals surface area (Å²) in [5.41, 5.74) is 2.81. The molecular weight excluding hydrogens is 382 g/mol. The third kappa shape index (κ3) is 3.36. The van der Waals surface area contributed by atoms with Crippen LogP contribution in [0, 0.1) is 0 Å². The molecule has 0 spiro atoms. The first-order chi connectivity index (χ1) is 14.8. The van der Waals surface area contributed by atoms with Crippen molar-refractivity contribution in [1.29, 1.82) is 0 Å². The average Bonchev–Trinajstić information content (AvgIpc) is 3.28. The van der Waals surface area contributed by atoms with E-state index in [0.717, 1.165) is 54.2 Å². The predicted octanol–water partition coefficient (Wildman–Crippen LogP) is 2.25. The van der Waals surface area contributed by atoms with Crippen LogP contribution >= 0.6 is 0 Å². The lowest BCUT2D eigenvalue weighted by Crippen LogP contribution is -2.33. The highest BCUT2D eigenvalue weighted by Gasteiger charge is 2.32. The third-order valence-electron chi connectivity index (χ3n) is 5.94. The van der Waals surface area contributed by atoms with Crippen molar-refractivity contribution in [3.63, 3.8) is 0 Å². The van der Waals surface area contributed by atoms with Crippen LogP contribution in [0.25, 0.3) is 10.9 Å². The molecule has 8 nitrogen and oxygen atoms in total. The lowest BCUT2D eigenvalue weighted by atomic mass is 10.1. The Morgan fingerprint density at radius 1 is 1.27 bits per heavy atom. The van der Waals surface area contributed by atoms with Gasteiger partial charge in [-0.2, -0.15) is 5.10 Å². The summed E-state index contributed by atoms with van der Waals surface area (Å²) >= 11 is 0. The highest BCUT2D eigenvalue weighted by molar-refractivity contribution is 5.77. The van der Waals surface area contributed by atoms with Crippen LogP contribution < -0.4 is 10.5 Å². The third-order valence-corrected chi connectivity index (χ3v) is 5.94. The van der Waals surface area contributed by atoms with Gasteiger partial charge in [0.1, 0.15) is 5.82 Å². The first-order valence-corrected chi connectivity index (χ1v) is 10.4. The maximum atomic E-state index is 13.3. The fourth-order valence-corrected chi connectivity index (χ4v) is 4.42. The molecule has 156 valence electrons. The van der Waals surface area contributed by atoms with Crippen LogP contribution in [0.5, 0.6) is 0 Å². The summed E-state index contributed by atoms with van der Waals surface area (Å²) in [5, 5.41) is 9.59. The SMILES string of the molecule is COCCn1c(C2CCCN2c2cc3c(nn2)CCOC3)nc2ccccc2c1=O. The van der Waals surface area contributed by atoms with Crippen molar-refractivity contribution in [3.05, 3.63) is 57.8 Å². The summed E-state index contributed by atoms with van der Waals surface area (Å²) in [6.07, 6.45) is 2.72. The molecule has 2 aromatic heterocycles. The molecule has 1 fully saturated rings. The van der Waals surface area contributed by atoms with Crippen molar-refractivity contribution in [1.82, 2.24) is 19.7 Å². The van der Waals surface area contributed by atoms with Gasteiger partial charge < -0.3 is 14.4 Å². The fourth-order valence-electron chi connectivity index (χ4n) is 4.42. The number of para-hydroxylation sites is 1. The number of hydrogen-bond donors (Lipinski definition) is 0. The van der Waals surface area contributed by atoms with E-state index >= 15 is 0 Å². The molecule has 3 aromatic rings. The molecule has 0 amide bonds. The fraction of sp³-hybridized carbons (Fsp3) is 0.455. The lowest BCUT2D eigenvalue weighted by Gasteiger charge is -2.28. The van der Waals surface area contributed by atoms with E-state index in [1.807, 2.05) is 24.3 Å². The second-order valence-corrected chi connectivity index (χ2v) is 7.77. The van der Waals surface area contributed by atoms with E-state index in [1.165, 1.54) is 0 Å². The minimum atomic E-state index is -0.0315. The van der Waals surface area contributed by atoms with E-state index < -0.39 is 0 Å². The van der Waals surface area contributed by atoms with Crippen molar-refractivity contribution in [2.24, 2.45) is 0 Å². The summed E-state index contributed by atoms with van der Waals surface area (Å²) in [6.45, 7) is 3.04. The van der Waals surface area contributed by atoms with Crippen LogP contribution in [0.1, 0.15) is 36.0 Å². The monoisotopic (exact) mass is 407 g/mol. The first-order valence-electron chi connectivity index (χ1n) is 10.4. The zero-order chi connectivity index (χ0) is 20.5. The van der Waals surface area contributed by atoms with E-state index in [2.05, 4.69) is 21.2 Å². The topological polar surface area (TPSA) is 82.4 Å². The van der Waals surface area contributed by atoms with Crippen LogP contribution in [-0.4, -0.2) is 46.6 Å². The quantitative estimate of drug-likeness (QED) is 0.641. The predicted molar refractivity (Wildman–Crippen MR) is 113 cm³/mol. The molecule has 1 atom stereocenters. The van der Waals surface area contributed by atoms with Crippen molar-refractivity contribution in [2.75, 3.05) is 31.8 Å². The van der Waals surface area contributed by atoms with Gasteiger partial charge in [0, 0.05) is 25.6 Å². The number of benzene rings is 1. The Kier molecular flexibility index (Phi) is 5.18. The van der Waals surface area contributed by atoms with Crippen LogP contribution in [0.15, 0.2) is 35.1 Å². The molecule has 1 unspecified atom stereocenters. The van der Waals surface area contributed by atoms with Gasteiger partial charge in [-0.3, -0.25) is 9.36 Å². The number of nitrogens with zero attached hydrogens (tertiary/aromatic N) is 5. The van der Waals surface area contributed by atoms with Crippen molar-refractivity contribution < 1.29 is 9.47 Å². The molecule has 0 saturated carbocycles. The van der Waals surface area contributed by atoms with E-state index in [9.17, 15) is 4.79 Å². The number of fused-ring (bicyclic) bond motifs is 2. The molecule has 0 radical (unpaired) electrons. The van der Waals surface area contributed by atoms with Gasteiger partial charge in [0.15, 0.2) is 5.82 Å². The van der Waals surface area contributed by atoms with Crippen molar-refractivity contribution >= 4 is 16.7 Å². The van der Waals surface area contributed by atoms with E-state index in [-0.39, 0.29) is 11.6 Å². The summed E-state index contributed by atoms with van der Waals surface area (Å²) in [7, 11) is 1.64. The molecule has 0 bridgehead atoms. The largest absolute Gasteiger partial charge is 0.383 e. The van der Waals surface area contributed by atoms with E-state index in [0.29, 0.717) is 31.8 Å². The van der Waals surface area contributed by atoms with E-state index in [4.69, 9.17) is 14.5 Å². The zero-order valence-electron chi connectivity index (χ0n) is 17.1. The Hall–Kier alpha value is -2.84. The van der Waals surface area contributed by atoms with Crippen LogP contribution in [0.3, 0.4) is 0 Å². The number of methoxy groups -OCH3 is 1. The molecular formula is C22H25N5O3. The van der Waals surface area contributed by atoms with Gasteiger partial charge in [-0.25, -0.2) is 4.98 Å². The van der Waals surface area contributed by atoms with Crippen molar-refractivity contribution in [3.8, 4) is 0 Å². The summed E-state index contributed by atoms with van der Waals surface area (Å²) < 4.78 is 12.6. The molecule has 8 heteroatoms. The Balaban J connectivity index is 1.59. The van der Waals surface area contributed by atoms with Crippen LogP contribution in [0.4, 0.5) is 5.82 Å². The van der Waals surface area contributed by atoms with Gasteiger partial charge in [0.2, 0.25) is 0 Å². The number of rotatable bonds is 5. The Morgan fingerprint density at radius 3 is 3.07 bits per heavy atom. The van der Waals surface area contributed by atoms with Gasteiger partial charge >= 0.3 is 0 Å². The lowest BCUT2D eigenvalue weighted by molar-refractivity contribution is 0.109. The number of hydrogen-bond acceptors (Lipinski definition) is 7. The molecule has 1 saturated heterocycles. The first kappa shape index (κ1) is 19.1. The van der Waals surface area contributed by atoms with Gasteiger partial charge in [-0.05, 0) is 31.0 Å².